The molecule has 3 rings (SSSR count). The van der Waals surface area contributed by atoms with Gasteiger partial charge >= 0.3 is 0 Å². The van der Waals surface area contributed by atoms with Crippen molar-refractivity contribution in [1.82, 2.24) is 14.6 Å². The molecule has 3 aromatic rings. The third-order valence-corrected chi connectivity index (χ3v) is 2.73. The topological polar surface area (TPSA) is 50.2 Å². The highest BCUT2D eigenvalue weighted by molar-refractivity contribution is 6.30. The van der Waals surface area contributed by atoms with E-state index in [9.17, 15) is 4.79 Å². The maximum atomic E-state index is 11.2. The Kier molecular flexibility index (Phi) is 2.23. The van der Waals surface area contributed by atoms with Crippen LogP contribution in [0.4, 0.5) is 0 Å². The number of aromatic nitrogens is 3. The number of nitrogens with one attached hydrogen (secondary N) is 1. The first kappa shape index (κ1) is 10.1. The summed E-state index contributed by atoms with van der Waals surface area (Å²) in [7, 11) is 0. The van der Waals surface area contributed by atoms with Crippen LogP contribution in [0.3, 0.4) is 0 Å². The van der Waals surface area contributed by atoms with Crippen molar-refractivity contribution in [2.45, 2.75) is 0 Å². The van der Waals surface area contributed by atoms with E-state index in [0.717, 1.165) is 11.1 Å². The number of H-pyrrole nitrogens is 1. The third-order valence-electron chi connectivity index (χ3n) is 2.50. The zero-order chi connectivity index (χ0) is 11.8. The van der Waals surface area contributed by atoms with Gasteiger partial charge in [0.05, 0.1) is 0 Å². The molecule has 0 atom stereocenters. The molecular weight excluding hydrogens is 238 g/mol. The molecule has 1 aromatic carbocycles. The molecule has 2 heterocycles. The first-order chi connectivity index (χ1) is 8.22. The molecule has 2 aromatic heterocycles. The van der Waals surface area contributed by atoms with Crippen LogP contribution in [0.5, 0.6) is 0 Å². The summed E-state index contributed by atoms with van der Waals surface area (Å²) >= 11 is 5.93. The number of hydrogen-bond donors (Lipinski definition) is 1. The maximum Gasteiger partial charge on any atom is 0.266 e. The van der Waals surface area contributed by atoms with Crippen LogP contribution in [0.25, 0.3) is 16.8 Å². The Labute approximate surface area is 101 Å². The molecule has 0 bridgehead atoms. The summed E-state index contributed by atoms with van der Waals surface area (Å²) in [6, 6.07) is 8.93. The van der Waals surface area contributed by atoms with Crippen molar-refractivity contribution in [2.24, 2.45) is 0 Å². The fraction of sp³-hybridized carbons (Fsp3) is 0. The number of rotatable bonds is 1. The maximum absolute atomic E-state index is 11.2. The highest BCUT2D eigenvalue weighted by Gasteiger charge is 2.02. The summed E-state index contributed by atoms with van der Waals surface area (Å²) in [6.07, 6.45) is 3.53. The molecule has 0 aliphatic carbocycles. The van der Waals surface area contributed by atoms with Gasteiger partial charge in [0.2, 0.25) is 0 Å². The lowest BCUT2D eigenvalue weighted by Gasteiger charge is -2.02. The van der Waals surface area contributed by atoms with Gasteiger partial charge in [-0.3, -0.25) is 9.89 Å². The standard InChI is InChI=1S/C12H8ClN3O/c13-10-3-1-2-8(4-10)9-6-14-11-5-12(17)15-16(11)7-9/h1-7H,(H,15,17). The fourth-order valence-electron chi connectivity index (χ4n) is 1.72. The largest absolute Gasteiger partial charge is 0.268 e. The highest BCUT2D eigenvalue weighted by Crippen LogP contribution is 2.21. The Morgan fingerprint density at radius 2 is 2.12 bits per heavy atom. The average molecular weight is 246 g/mol. The second-order valence-electron chi connectivity index (χ2n) is 3.70. The molecule has 0 aliphatic rings. The summed E-state index contributed by atoms with van der Waals surface area (Å²) in [5.74, 6) is 0. The van der Waals surface area contributed by atoms with E-state index in [4.69, 9.17) is 11.6 Å². The molecule has 1 N–H and O–H groups in total. The Morgan fingerprint density at radius 1 is 1.24 bits per heavy atom. The van der Waals surface area contributed by atoms with Crippen molar-refractivity contribution >= 4 is 17.2 Å². The summed E-state index contributed by atoms with van der Waals surface area (Å²) in [6.45, 7) is 0. The quantitative estimate of drug-likeness (QED) is 0.715. The van der Waals surface area contributed by atoms with Crippen molar-refractivity contribution < 1.29 is 0 Å². The molecular formula is C12H8ClN3O. The number of halogens is 1. The van der Waals surface area contributed by atoms with Crippen molar-refractivity contribution in [3.05, 3.63) is 58.1 Å². The summed E-state index contributed by atoms with van der Waals surface area (Å²) in [4.78, 5) is 15.3. The van der Waals surface area contributed by atoms with Crippen LogP contribution in [0, 0.1) is 0 Å². The van der Waals surface area contributed by atoms with E-state index in [0.29, 0.717) is 10.7 Å². The van der Waals surface area contributed by atoms with E-state index in [-0.39, 0.29) is 5.56 Å². The van der Waals surface area contributed by atoms with E-state index in [2.05, 4.69) is 10.1 Å². The van der Waals surface area contributed by atoms with Gasteiger partial charge in [0.1, 0.15) is 0 Å². The normalized spacial score (nSPS) is 10.9. The third kappa shape index (κ3) is 1.83. The highest BCUT2D eigenvalue weighted by atomic mass is 35.5. The monoisotopic (exact) mass is 245 g/mol. The molecule has 0 amide bonds. The van der Waals surface area contributed by atoms with Gasteiger partial charge in [0.15, 0.2) is 5.65 Å². The predicted octanol–water partition coefficient (Wildman–Crippen LogP) is 2.34. The van der Waals surface area contributed by atoms with Gasteiger partial charge in [-0.25, -0.2) is 9.50 Å². The van der Waals surface area contributed by atoms with Crippen molar-refractivity contribution in [3.63, 3.8) is 0 Å². The molecule has 0 aliphatic heterocycles. The van der Waals surface area contributed by atoms with E-state index in [1.54, 1.807) is 10.7 Å². The van der Waals surface area contributed by atoms with Crippen LogP contribution in [0.15, 0.2) is 47.5 Å². The molecule has 0 radical (unpaired) electrons. The predicted molar refractivity (Wildman–Crippen MR) is 66.3 cm³/mol. The fourth-order valence-corrected chi connectivity index (χ4v) is 1.91. The van der Waals surface area contributed by atoms with Gasteiger partial charge in [0.25, 0.3) is 5.56 Å². The average Bonchev–Trinajstić information content (AvgIpc) is 2.68. The van der Waals surface area contributed by atoms with Gasteiger partial charge in [-0.05, 0) is 17.7 Å². The first-order valence-electron chi connectivity index (χ1n) is 5.06. The number of hydrogen-bond acceptors (Lipinski definition) is 2. The van der Waals surface area contributed by atoms with E-state index in [1.165, 1.54) is 6.07 Å². The molecule has 0 spiro atoms. The van der Waals surface area contributed by atoms with Gasteiger partial charge < -0.3 is 0 Å². The minimum Gasteiger partial charge on any atom is -0.268 e. The van der Waals surface area contributed by atoms with Gasteiger partial charge in [-0.1, -0.05) is 23.7 Å². The summed E-state index contributed by atoms with van der Waals surface area (Å²) < 4.78 is 1.60. The lowest BCUT2D eigenvalue weighted by Crippen LogP contribution is -1.98. The van der Waals surface area contributed by atoms with Crippen LogP contribution in [-0.4, -0.2) is 14.6 Å². The number of fused-ring (bicyclic) bond motifs is 1. The summed E-state index contributed by atoms with van der Waals surface area (Å²) in [5, 5.41) is 3.32. The van der Waals surface area contributed by atoms with Gasteiger partial charge in [-0.15, -0.1) is 0 Å². The molecule has 0 saturated carbocycles. The number of nitrogens with zero attached hydrogens (tertiary/aromatic N) is 2. The first-order valence-corrected chi connectivity index (χ1v) is 5.43. The molecule has 0 saturated heterocycles. The molecule has 17 heavy (non-hydrogen) atoms. The van der Waals surface area contributed by atoms with Crippen LogP contribution in [-0.2, 0) is 0 Å². The zero-order valence-electron chi connectivity index (χ0n) is 8.72. The molecule has 0 fully saturated rings. The smallest absolute Gasteiger partial charge is 0.266 e. The van der Waals surface area contributed by atoms with E-state index >= 15 is 0 Å². The lowest BCUT2D eigenvalue weighted by atomic mass is 10.1. The Bertz CT molecular complexity index is 745. The summed E-state index contributed by atoms with van der Waals surface area (Å²) in [5.41, 5.74) is 2.29. The molecule has 4 nitrogen and oxygen atoms in total. The van der Waals surface area contributed by atoms with Crippen molar-refractivity contribution in [3.8, 4) is 11.1 Å². The SMILES string of the molecule is O=c1cc2ncc(-c3cccc(Cl)c3)cn2[nH]1. The molecule has 5 heteroatoms. The number of benzene rings is 1. The number of aromatic amines is 1. The lowest BCUT2D eigenvalue weighted by molar-refractivity contribution is 0.921. The Balaban J connectivity index is 2.20. The second-order valence-corrected chi connectivity index (χ2v) is 4.14. The Hall–Kier alpha value is -2.07. The minimum atomic E-state index is -0.166. The molecule has 84 valence electrons. The van der Waals surface area contributed by atoms with Crippen LogP contribution >= 0.6 is 11.6 Å². The van der Waals surface area contributed by atoms with Crippen LogP contribution < -0.4 is 5.56 Å². The Morgan fingerprint density at radius 3 is 2.94 bits per heavy atom. The van der Waals surface area contributed by atoms with E-state index < -0.39 is 0 Å². The van der Waals surface area contributed by atoms with E-state index in [1.807, 2.05) is 30.5 Å². The second kappa shape index (κ2) is 3.75. The molecule has 0 unspecified atom stereocenters. The zero-order valence-corrected chi connectivity index (χ0v) is 9.48. The minimum absolute atomic E-state index is 0.166. The van der Waals surface area contributed by atoms with Crippen molar-refractivity contribution in [2.75, 3.05) is 0 Å². The van der Waals surface area contributed by atoms with Crippen LogP contribution in [0.1, 0.15) is 0 Å². The van der Waals surface area contributed by atoms with Gasteiger partial charge in [0, 0.05) is 29.0 Å². The van der Waals surface area contributed by atoms with Crippen LogP contribution in [0.2, 0.25) is 5.02 Å². The van der Waals surface area contributed by atoms with Gasteiger partial charge in [-0.2, -0.15) is 0 Å². The van der Waals surface area contributed by atoms with Crippen molar-refractivity contribution in [1.29, 1.82) is 0 Å².